The molecule has 0 saturated heterocycles. The van der Waals surface area contributed by atoms with Gasteiger partial charge in [-0.05, 0) is 67.6 Å². The van der Waals surface area contributed by atoms with Crippen molar-refractivity contribution in [2.45, 2.75) is 47.1 Å². The molecule has 1 aliphatic rings. The van der Waals surface area contributed by atoms with Crippen LogP contribution in [0.5, 0.6) is 17.2 Å². The minimum Gasteiger partial charge on any atom is -0.488 e. The van der Waals surface area contributed by atoms with Crippen LogP contribution < -0.4 is 19.6 Å². The third kappa shape index (κ3) is 4.51. The summed E-state index contributed by atoms with van der Waals surface area (Å²) < 4.78 is 23.8. The van der Waals surface area contributed by atoms with Gasteiger partial charge in [-0.25, -0.2) is 0 Å². The molecule has 5 heteroatoms. The van der Waals surface area contributed by atoms with Crippen LogP contribution in [0.25, 0.3) is 22.1 Å². The minimum absolute atomic E-state index is 0.0566. The lowest BCUT2D eigenvalue weighted by Crippen LogP contribution is -2.15. The predicted molar refractivity (Wildman–Crippen MR) is 138 cm³/mol. The normalized spacial score (nSPS) is 12.7. The number of hydrogen-bond donors (Lipinski definition) is 0. The summed E-state index contributed by atoms with van der Waals surface area (Å²) in [6.45, 7) is 9.60. The Balaban J connectivity index is 1.56. The van der Waals surface area contributed by atoms with E-state index < -0.39 is 0 Å². The van der Waals surface area contributed by atoms with Gasteiger partial charge in [-0.1, -0.05) is 43.2 Å². The average Bonchev–Trinajstić information content (AvgIpc) is 2.85. The Morgan fingerprint density at radius 3 is 2.49 bits per heavy atom. The van der Waals surface area contributed by atoms with E-state index in [4.69, 9.17) is 18.6 Å². The van der Waals surface area contributed by atoms with Gasteiger partial charge < -0.3 is 18.6 Å². The fourth-order valence-corrected chi connectivity index (χ4v) is 4.62. The molecule has 5 nitrogen and oxygen atoms in total. The van der Waals surface area contributed by atoms with Crippen molar-refractivity contribution in [2.24, 2.45) is 0 Å². The maximum atomic E-state index is 13.7. The van der Waals surface area contributed by atoms with E-state index in [0.717, 1.165) is 35.3 Å². The minimum atomic E-state index is -0.0566. The predicted octanol–water partition coefficient (Wildman–Crippen LogP) is 6.69. The zero-order chi connectivity index (χ0) is 24.5. The Hall–Kier alpha value is -3.73. The highest BCUT2D eigenvalue weighted by Crippen LogP contribution is 2.36. The Morgan fingerprint density at radius 1 is 0.886 bits per heavy atom. The number of fused-ring (bicyclic) bond motifs is 2. The molecule has 35 heavy (non-hydrogen) atoms. The van der Waals surface area contributed by atoms with Gasteiger partial charge >= 0.3 is 0 Å². The lowest BCUT2D eigenvalue weighted by atomic mass is 9.99. The van der Waals surface area contributed by atoms with E-state index in [1.807, 2.05) is 37.3 Å². The molecule has 0 atom stereocenters. The molecule has 4 aromatic rings. The molecular weight excluding hydrogens is 440 g/mol. The van der Waals surface area contributed by atoms with E-state index in [0.29, 0.717) is 53.6 Å². The van der Waals surface area contributed by atoms with Gasteiger partial charge in [-0.15, -0.1) is 0 Å². The molecule has 180 valence electrons. The van der Waals surface area contributed by atoms with Gasteiger partial charge in [0, 0.05) is 6.07 Å². The Kier molecular flexibility index (Phi) is 6.25. The van der Waals surface area contributed by atoms with Crippen molar-refractivity contribution in [1.29, 1.82) is 0 Å². The molecule has 0 saturated carbocycles. The van der Waals surface area contributed by atoms with Crippen molar-refractivity contribution >= 4 is 11.0 Å². The summed E-state index contributed by atoms with van der Waals surface area (Å²) in [4.78, 5) is 13.7. The Labute approximate surface area is 205 Å². The van der Waals surface area contributed by atoms with Crippen molar-refractivity contribution in [2.75, 3.05) is 13.2 Å². The first-order valence-electron chi connectivity index (χ1n) is 12.1. The van der Waals surface area contributed by atoms with E-state index in [1.54, 1.807) is 0 Å². The molecule has 0 unspecified atom stereocenters. The molecule has 0 radical (unpaired) electrons. The van der Waals surface area contributed by atoms with Gasteiger partial charge in [0.15, 0.2) is 11.5 Å². The summed E-state index contributed by atoms with van der Waals surface area (Å²) in [5.41, 5.74) is 6.34. The zero-order valence-corrected chi connectivity index (χ0v) is 20.7. The van der Waals surface area contributed by atoms with Crippen LogP contribution >= 0.6 is 0 Å². The molecule has 0 bridgehead atoms. The molecule has 5 rings (SSSR count). The van der Waals surface area contributed by atoms with Crippen molar-refractivity contribution in [1.82, 2.24) is 0 Å². The van der Waals surface area contributed by atoms with Crippen LogP contribution in [0.3, 0.4) is 0 Å². The quantitative estimate of drug-likeness (QED) is 0.314. The molecular formula is C30H30O5. The second-order valence-electron chi connectivity index (χ2n) is 9.15. The molecule has 1 aliphatic heterocycles. The SMILES string of the molecule is CCCc1cc2c(=O)c(-c3ccc4c(c3)OCCO4)c(C)oc2cc1OCc1cc(C)ccc1C. The molecule has 0 spiro atoms. The highest BCUT2D eigenvalue weighted by molar-refractivity contribution is 5.85. The van der Waals surface area contributed by atoms with Crippen molar-refractivity contribution in [3.05, 3.63) is 86.8 Å². The smallest absolute Gasteiger partial charge is 0.200 e. The van der Waals surface area contributed by atoms with E-state index in [2.05, 4.69) is 39.0 Å². The lowest BCUT2D eigenvalue weighted by molar-refractivity contribution is 0.171. The molecule has 2 heterocycles. The van der Waals surface area contributed by atoms with E-state index in [-0.39, 0.29) is 5.43 Å². The molecule has 1 aromatic heterocycles. The maximum Gasteiger partial charge on any atom is 0.200 e. The van der Waals surface area contributed by atoms with Gasteiger partial charge in [0.05, 0.1) is 10.9 Å². The summed E-state index contributed by atoms with van der Waals surface area (Å²) >= 11 is 0. The number of ether oxygens (including phenoxy) is 3. The van der Waals surface area contributed by atoms with Crippen molar-refractivity contribution < 1.29 is 18.6 Å². The second kappa shape index (κ2) is 9.49. The van der Waals surface area contributed by atoms with E-state index in [9.17, 15) is 4.79 Å². The third-order valence-electron chi connectivity index (χ3n) is 6.49. The first kappa shape index (κ1) is 23.0. The van der Waals surface area contributed by atoms with Crippen molar-refractivity contribution in [3.8, 4) is 28.4 Å². The molecule has 0 N–H and O–H groups in total. The highest BCUT2D eigenvalue weighted by atomic mass is 16.6. The monoisotopic (exact) mass is 470 g/mol. The molecule has 0 aliphatic carbocycles. The summed E-state index contributed by atoms with van der Waals surface area (Å²) in [5.74, 6) is 2.66. The van der Waals surface area contributed by atoms with Crippen LogP contribution in [0.1, 0.15) is 41.4 Å². The van der Waals surface area contributed by atoms with Crippen LogP contribution in [0.4, 0.5) is 0 Å². The summed E-state index contributed by atoms with van der Waals surface area (Å²) in [6.07, 6.45) is 1.75. The van der Waals surface area contributed by atoms with Gasteiger partial charge in [0.25, 0.3) is 0 Å². The number of aryl methyl sites for hydroxylation is 4. The van der Waals surface area contributed by atoms with Crippen LogP contribution in [0, 0.1) is 20.8 Å². The van der Waals surface area contributed by atoms with Crippen molar-refractivity contribution in [3.63, 3.8) is 0 Å². The second-order valence-corrected chi connectivity index (χ2v) is 9.15. The molecule has 0 fully saturated rings. The topological polar surface area (TPSA) is 57.9 Å². The number of benzene rings is 3. The Morgan fingerprint density at radius 2 is 1.69 bits per heavy atom. The average molecular weight is 471 g/mol. The van der Waals surface area contributed by atoms with Gasteiger partial charge in [0.2, 0.25) is 5.43 Å². The number of rotatable bonds is 6. The largest absolute Gasteiger partial charge is 0.488 e. The van der Waals surface area contributed by atoms with Crippen LogP contribution in [0.15, 0.2) is 57.7 Å². The van der Waals surface area contributed by atoms with Crippen LogP contribution in [-0.2, 0) is 13.0 Å². The zero-order valence-electron chi connectivity index (χ0n) is 20.7. The fourth-order valence-electron chi connectivity index (χ4n) is 4.62. The standard InChI is InChI=1S/C30H30O5/c1-5-6-21-14-24-27(16-26(21)34-17-23-13-18(2)7-8-19(23)3)35-20(4)29(30(24)31)22-9-10-25-28(15-22)33-12-11-32-25/h7-10,13-16H,5-6,11-12,17H2,1-4H3. The molecule has 3 aromatic carbocycles. The van der Waals surface area contributed by atoms with Crippen LogP contribution in [-0.4, -0.2) is 13.2 Å². The third-order valence-corrected chi connectivity index (χ3v) is 6.49. The summed E-state index contributed by atoms with van der Waals surface area (Å²) in [5, 5.41) is 0.558. The maximum absolute atomic E-state index is 13.7. The molecule has 0 amide bonds. The van der Waals surface area contributed by atoms with Gasteiger partial charge in [0.1, 0.15) is 36.9 Å². The van der Waals surface area contributed by atoms with E-state index >= 15 is 0 Å². The lowest BCUT2D eigenvalue weighted by Gasteiger charge is -2.19. The summed E-state index contributed by atoms with van der Waals surface area (Å²) in [7, 11) is 0. The fraction of sp³-hybridized carbons (Fsp3) is 0.300. The number of hydrogen-bond acceptors (Lipinski definition) is 5. The first-order valence-corrected chi connectivity index (χ1v) is 12.1. The highest BCUT2D eigenvalue weighted by Gasteiger charge is 2.19. The Bertz CT molecular complexity index is 1460. The van der Waals surface area contributed by atoms with E-state index in [1.165, 1.54) is 11.1 Å². The van der Waals surface area contributed by atoms with Gasteiger partial charge in [-0.3, -0.25) is 4.79 Å². The van der Waals surface area contributed by atoms with Gasteiger partial charge in [-0.2, -0.15) is 0 Å². The first-order chi connectivity index (χ1) is 16.9. The summed E-state index contributed by atoms with van der Waals surface area (Å²) in [6, 6.07) is 15.8. The van der Waals surface area contributed by atoms with Crippen LogP contribution in [0.2, 0.25) is 0 Å².